The van der Waals surface area contributed by atoms with E-state index < -0.39 is 0 Å². The summed E-state index contributed by atoms with van der Waals surface area (Å²) in [6.45, 7) is 2.56. The van der Waals surface area contributed by atoms with Gasteiger partial charge in [0.15, 0.2) is 0 Å². The normalized spacial score (nSPS) is 11.9. The molecule has 0 aromatic heterocycles. The second-order valence-corrected chi connectivity index (χ2v) is 3.89. The third-order valence-corrected chi connectivity index (χ3v) is 2.36. The van der Waals surface area contributed by atoms with Crippen LogP contribution in [0.25, 0.3) is 0 Å². The van der Waals surface area contributed by atoms with Gasteiger partial charge in [-0.15, -0.1) is 0 Å². The van der Waals surface area contributed by atoms with E-state index in [1.807, 2.05) is 0 Å². The van der Waals surface area contributed by atoms with E-state index in [4.69, 9.17) is 5.11 Å². The molecule has 0 saturated heterocycles. The maximum Gasteiger partial charge on any atom is 0.0431 e. The molecule has 0 rings (SSSR count). The van der Waals surface area contributed by atoms with E-state index in [0.29, 0.717) is 6.61 Å². The van der Waals surface area contributed by atoms with Crippen LogP contribution in [0, 0.1) is 0 Å². The lowest BCUT2D eigenvalue weighted by molar-refractivity contribution is 0.283. The van der Waals surface area contributed by atoms with Crippen LogP contribution >= 0.6 is 0 Å². The van der Waals surface area contributed by atoms with Gasteiger partial charge in [-0.25, -0.2) is 0 Å². The van der Waals surface area contributed by atoms with Crippen LogP contribution in [0.15, 0.2) is 24.3 Å². The third kappa shape index (κ3) is 13.4. The molecule has 0 aromatic rings. The third-order valence-electron chi connectivity index (χ3n) is 2.36. The predicted octanol–water partition coefficient (Wildman–Crippen LogP) is 4.23. The summed E-state index contributed by atoms with van der Waals surface area (Å²) in [5, 5.41) is 8.58. The quantitative estimate of drug-likeness (QED) is 0.422. The van der Waals surface area contributed by atoms with Crippen LogP contribution in [0.2, 0.25) is 0 Å². The highest BCUT2D eigenvalue weighted by atomic mass is 16.2. The number of aliphatic hydroxyl groups is 1. The molecule has 0 heterocycles. The first-order valence-electron chi connectivity index (χ1n) is 6.32. The van der Waals surface area contributed by atoms with Crippen molar-refractivity contribution >= 4 is 0 Å². The minimum atomic E-state index is 0.337. The Kier molecular flexibility index (Phi) is 12.9. The summed E-state index contributed by atoms with van der Waals surface area (Å²) in [7, 11) is 0. The average molecular weight is 210 g/mol. The van der Waals surface area contributed by atoms with E-state index in [9.17, 15) is 0 Å². The van der Waals surface area contributed by atoms with Gasteiger partial charge in [0, 0.05) is 6.61 Å². The standard InChI is InChI=1S/C14H26O/c1-2-3-4-5-6-7-8-9-10-11-12-13-14-15/h5-6,8-9,15H,2-4,7,10-14H2,1H3/b6-5+,9-8+. The highest BCUT2D eigenvalue weighted by Crippen LogP contribution is 2.01. The Morgan fingerprint density at radius 1 is 0.800 bits per heavy atom. The summed E-state index contributed by atoms with van der Waals surface area (Å²) < 4.78 is 0. The summed E-state index contributed by atoms with van der Waals surface area (Å²) in [6.07, 6.45) is 18.4. The molecule has 1 nitrogen and oxygen atoms in total. The van der Waals surface area contributed by atoms with Crippen molar-refractivity contribution < 1.29 is 5.11 Å². The van der Waals surface area contributed by atoms with Crippen molar-refractivity contribution in [3.8, 4) is 0 Å². The van der Waals surface area contributed by atoms with Gasteiger partial charge in [-0.05, 0) is 32.1 Å². The van der Waals surface area contributed by atoms with Crippen molar-refractivity contribution in [1.29, 1.82) is 0 Å². The molecule has 0 fully saturated rings. The van der Waals surface area contributed by atoms with Crippen molar-refractivity contribution in [3.05, 3.63) is 24.3 Å². The number of allylic oxidation sites excluding steroid dienone is 4. The Labute approximate surface area is 94.9 Å². The van der Waals surface area contributed by atoms with Gasteiger partial charge in [0.05, 0.1) is 0 Å². The Balaban J connectivity index is 3.13. The van der Waals surface area contributed by atoms with E-state index in [2.05, 4.69) is 31.2 Å². The molecule has 0 amide bonds. The number of unbranched alkanes of at least 4 members (excludes halogenated alkanes) is 5. The highest BCUT2D eigenvalue weighted by Gasteiger charge is 1.84. The van der Waals surface area contributed by atoms with Gasteiger partial charge < -0.3 is 5.11 Å². The van der Waals surface area contributed by atoms with Crippen LogP contribution in [0.1, 0.15) is 58.3 Å². The SMILES string of the molecule is CCCC/C=C/C/C=C/CCCCCO. The fraction of sp³-hybridized carbons (Fsp3) is 0.714. The summed E-state index contributed by atoms with van der Waals surface area (Å²) in [6, 6.07) is 0. The van der Waals surface area contributed by atoms with Crippen LogP contribution in [0.4, 0.5) is 0 Å². The number of hydrogen-bond acceptors (Lipinski definition) is 1. The molecule has 15 heavy (non-hydrogen) atoms. The molecule has 0 atom stereocenters. The Bertz CT molecular complexity index is 159. The topological polar surface area (TPSA) is 20.2 Å². The predicted molar refractivity (Wildman–Crippen MR) is 68.0 cm³/mol. The van der Waals surface area contributed by atoms with Crippen molar-refractivity contribution in [2.75, 3.05) is 6.61 Å². The first-order chi connectivity index (χ1) is 7.41. The van der Waals surface area contributed by atoms with Crippen LogP contribution in [0.5, 0.6) is 0 Å². The maximum atomic E-state index is 8.58. The second-order valence-electron chi connectivity index (χ2n) is 3.89. The maximum absolute atomic E-state index is 8.58. The van der Waals surface area contributed by atoms with E-state index >= 15 is 0 Å². The highest BCUT2D eigenvalue weighted by molar-refractivity contribution is 4.92. The molecule has 0 aliphatic rings. The molecule has 88 valence electrons. The van der Waals surface area contributed by atoms with Crippen molar-refractivity contribution in [2.45, 2.75) is 58.3 Å². The molecule has 0 spiro atoms. The molecule has 0 radical (unpaired) electrons. The van der Waals surface area contributed by atoms with Gasteiger partial charge in [0.1, 0.15) is 0 Å². The first kappa shape index (κ1) is 14.4. The molecule has 0 aliphatic carbocycles. The zero-order valence-corrected chi connectivity index (χ0v) is 10.1. The second kappa shape index (κ2) is 13.4. The fourth-order valence-electron chi connectivity index (χ4n) is 1.38. The van der Waals surface area contributed by atoms with Gasteiger partial charge in [0.2, 0.25) is 0 Å². The van der Waals surface area contributed by atoms with E-state index in [1.54, 1.807) is 0 Å². The lowest BCUT2D eigenvalue weighted by Gasteiger charge is -1.93. The minimum Gasteiger partial charge on any atom is -0.396 e. The van der Waals surface area contributed by atoms with Crippen LogP contribution in [-0.4, -0.2) is 11.7 Å². The molecular formula is C14H26O. The monoisotopic (exact) mass is 210 g/mol. The van der Waals surface area contributed by atoms with Crippen molar-refractivity contribution in [2.24, 2.45) is 0 Å². The van der Waals surface area contributed by atoms with E-state index in [-0.39, 0.29) is 0 Å². The van der Waals surface area contributed by atoms with E-state index in [1.165, 1.54) is 25.7 Å². The first-order valence-corrected chi connectivity index (χ1v) is 6.32. The Morgan fingerprint density at radius 3 is 2.07 bits per heavy atom. The van der Waals surface area contributed by atoms with Gasteiger partial charge in [-0.3, -0.25) is 0 Å². The summed E-state index contributed by atoms with van der Waals surface area (Å²) in [5.74, 6) is 0. The number of hydrogen-bond donors (Lipinski definition) is 1. The number of rotatable bonds is 10. The van der Waals surface area contributed by atoms with Crippen LogP contribution in [0.3, 0.4) is 0 Å². The van der Waals surface area contributed by atoms with Gasteiger partial charge in [0.25, 0.3) is 0 Å². The van der Waals surface area contributed by atoms with Crippen molar-refractivity contribution in [3.63, 3.8) is 0 Å². The van der Waals surface area contributed by atoms with Crippen molar-refractivity contribution in [1.82, 2.24) is 0 Å². The molecule has 1 N–H and O–H groups in total. The van der Waals surface area contributed by atoms with Crippen LogP contribution in [-0.2, 0) is 0 Å². The Morgan fingerprint density at radius 2 is 1.47 bits per heavy atom. The molecule has 1 heteroatoms. The molecule has 0 aromatic carbocycles. The lowest BCUT2D eigenvalue weighted by atomic mass is 10.2. The Hall–Kier alpha value is -0.560. The summed E-state index contributed by atoms with van der Waals surface area (Å²) in [4.78, 5) is 0. The fourth-order valence-corrected chi connectivity index (χ4v) is 1.38. The zero-order valence-electron chi connectivity index (χ0n) is 10.1. The zero-order chi connectivity index (χ0) is 11.2. The average Bonchev–Trinajstić information content (AvgIpc) is 2.26. The number of aliphatic hydroxyl groups excluding tert-OH is 1. The van der Waals surface area contributed by atoms with Gasteiger partial charge in [-0.2, -0.15) is 0 Å². The van der Waals surface area contributed by atoms with E-state index in [0.717, 1.165) is 25.7 Å². The van der Waals surface area contributed by atoms with Gasteiger partial charge in [-0.1, -0.05) is 50.5 Å². The van der Waals surface area contributed by atoms with Crippen LogP contribution < -0.4 is 0 Å². The largest absolute Gasteiger partial charge is 0.396 e. The smallest absolute Gasteiger partial charge is 0.0431 e. The molecule has 0 aliphatic heterocycles. The summed E-state index contributed by atoms with van der Waals surface area (Å²) >= 11 is 0. The molecular weight excluding hydrogens is 184 g/mol. The molecule has 0 bridgehead atoms. The van der Waals surface area contributed by atoms with Gasteiger partial charge >= 0.3 is 0 Å². The molecule has 0 unspecified atom stereocenters. The molecule has 0 saturated carbocycles. The lowest BCUT2D eigenvalue weighted by Crippen LogP contribution is -1.81. The minimum absolute atomic E-state index is 0.337. The summed E-state index contributed by atoms with van der Waals surface area (Å²) in [5.41, 5.74) is 0.